The van der Waals surface area contributed by atoms with Gasteiger partial charge in [-0.2, -0.15) is 5.26 Å². The van der Waals surface area contributed by atoms with E-state index in [-0.39, 0.29) is 0 Å². The Morgan fingerprint density at radius 3 is 2.59 bits per heavy atom. The number of hydrogen-bond donors (Lipinski definition) is 1. The zero-order valence-corrected chi connectivity index (χ0v) is 9.33. The highest BCUT2D eigenvalue weighted by Gasteiger charge is 2.20. The van der Waals surface area contributed by atoms with E-state index >= 15 is 0 Å². The van der Waals surface area contributed by atoms with Crippen molar-refractivity contribution >= 4 is 11.8 Å². The monoisotopic (exact) mass is 231 g/mol. The third-order valence-corrected chi connectivity index (χ3v) is 2.89. The van der Waals surface area contributed by atoms with Gasteiger partial charge in [0.2, 0.25) is 0 Å². The van der Waals surface area contributed by atoms with E-state index in [9.17, 15) is 4.79 Å². The minimum absolute atomic E-state index is 0.506. The van der Waals surface area contributed by atoms with Crippen LogP contribution in [0.4, 0.5) is 10.5 Å². The molecular weight excluding hydrogens is 218 g/mol. The van der Waals surface area contributed by atoms with Gasteiger partial charge in [0.05, 0.1) is 11.6 Å². The Bertz CT molecular complexity index is 459. The van der Waals surface area contributed by atoms with Gasteiger partial charge in [-0.15, -0.1) is 0 Å². The lowest BCUT2D eigenvalue weighted by atomic mass is 10.2. The number of nitrogens with zero attached hydrogens (tertiary/aromatic N) is 3. The molecule has 1 aromatic rings. The lowest BCUT2D eigenvalue weighted by molar-refractivity contribution is 0.142. The minimum atomic E-state index is -0.865. The molecule has 1 saturated heterocycles. The van der Waals surface area contributed by atoms with E-state index in [1.54, 1.807) is 6.07 Å². The molecule has 17 heavy (non-hydrogen) atoms. The second kappa shape index (κ2) is 4.74. The van der Waals surface area contributed by atoms with Gasteiger partial charge >= 0.3 is 6.09 Å². The molecule has 88 valence electrons. The normalized spacial score (nSPS) is 15.5. The molecule has 0 aliphatic carbocycles. The van der Waals surface area contributed by atoms with Crippen LogP contribution in [0.2, 0.25) is 0 Å². The molecule has 1 N–H and O–H groups in total. The van der Waals surface area contributed by atoms with Crippen molar-refractivity contribution in [2.24, 2.45) is 0 Å². The standard InChI is InChI=1S/C12H13N3O2/c13-9-10-2-1-3-11(8-10)14-4-6-15(7-5-14)12(16)17/h1-3,8H,4-7H2,(H,16,17). The highest BCUT2D eigenvalue weighted by molar-refractivity contribution is 5.65. The molecule has 0 bridgehead atoms. The predicted octanol–water partition coefficient (Wildman–Crippen LogP) is 1.36. The minimum Gasteiger partial charge on any atom is -0.465 e. The molecule has 0 atom stereocenters. The van der Waals surface area contributed by atoms with E-state index in [4.69, 9.17) is 10.4 Å². The lowest BCUT2D eigenvalue weighted by Gasteiger charge is -2.34. The lowest BCUT2D eigenvalue weighted by Crippen LogP contribution is -2.48. The van der Waals surface area contributed by atoms with Crippen molar-refractivity contribution in [3.63, 3.8) is 0 Å². The second-order valence-corrected chi connectivity index (χ2v) is 3.92. The van der Waals surface area contributed by atoms with E-state index in [1.807, 2.05) is 18.2 Å². The molecule has 1 aliphatic rings. The number of piperazine rings is 1. The smallest absolute Gasteiger partial charge is 0.407 e. The fraction of sp³-hybridized carbons (Fsp3) is 0.333. The number of anilines is 1. The maximum Gasteiger partial charge on any atom is 0.407 e. The molecule has 0 radical (unpaired) electrons. The van der Waals surface area contributed by atoms with Crippen LogP contribution >= 0.6 is 0 Å². The molecule has 0 unspecified atom stereocenters. The average molecular weight is 231 g/mol. The summed E-state index contributed by atoms with van der Waals surface area (Å²) >= 11 is 0. The molecule has 2 rings (SSSR count). The zero-order valence-electron chi connectivity index (χ0n) is 9.33. The Kier molecular flexibility index (Phi) is 3.15. The Morgan fingerprint density at radius 2 is 2.00 bits per heavy atom. The third-order valence-electron chi connectivity index (χ3n) is 2.89. The van der Waals surface area contributed by atoms with Gasteiger partial charge in [-0.3, -0.25) is 0 Å². The molecule has 0 aromatic heterocycles. The number of benzene rings is 1. The number of rotatable bonds is 1. The van der Waals surface area contributed by atoms with E-state index in [1.165, 1.54) is 4.90 Å². The van der Waals surface area contributed by atoms with Crippen LogP contribution in [-0.2, 0) is 0 Å². The first-order valence-corrected chi connectivity index (χ1v) is 5.43. The van der Waals surface area contributed by atoms with Crippen LogP contribution in [0.5, 0.6) is 0 Å². The summed E-state index contributed by atoms with van der Waals surface area (Å²) < 4.78 is 0. The van der Waals surface area contributed by atoms with Crippen LogP contribution in [-0.4, -0.2) is 42.3 Å². The first-order chi connectivity index (χ1) is 8.20. The molecular formula is C12H13N3O2. The molecule has 0 spiro atoms. The van der Waals surface area contributed by atoms with E-state index in [0.717, 1.165) is 5.69 Å². The van der Waals surface area contributed by atoms with Crippen molar-refractivity contribution in [1.29, 1.82) is 5.26 Å². The highest BCUT2D eigenvalue weighted by atomic mass is 16.4. The fourth-order valence-electron chi connectivity index (χ4n) is 1.93. The predicted molar refractivity (Wildman–Crippen MR) is 63.0 cm³/mol. The summed E-state index contributed by atoms with van der Waals surface area (Å²) in [5.41, 5.74) is 1.61. The summed E-state index contributed by atoms with van der Waals surface area (Å²) in [5.74, 6) is 0. The Labute approximate surface area is 99.5 Å². The van der Waals surface area contributed by atoms with Crippen LogP contribution in [0.15, 0.2) is 24.3 Å². The van der Waals surface area contributed by atoms with Crippen molar-refractivity contribution in [3.8, 4) is 6.07 Å². The number of hydrogen-bond acceptors (Lipinski definition) is 3. The maximum absolute atomic E-state index is 10.8. The van der Waals surface area contributed by atoms with Gasteiger partial charge in [-0.1, -0.05) is 6.07 Å². The SMILES string of the molecule is N#Cc1cccc(N2CCN(C(=O)O)CC2)c1. The average Bonchev–Trinajstić information content (AvgIpc) is 2.39. The summed E-state index contributed by atoms with van der Waals surface area (Å²) in [6.07, 6.45) is -0.865. The van der Waals surface area contributed by atoms with Crippen LogP contribution in [0.1, 0.15) is 5.56 Å². The summed E-state index contributed by atoms with van der Waals surface area (Å²) in [5, 5.41) is 17.7. The summed E-state index contributed by atoms with van der Waals surface area (Å²) in [6, 6.07) is 9.48. The Morgan fingerprint density at radius 1 is 1.29 bits per heavy atom. The van der Waals surface area contributed by atoms with E-state index < -0.39 is 6.09 Å². The quantitative estimate of drug-likeness (QED) is 0.792. The maximum atomic E-state index is 10.8. The second-order valence-electron chi connectivity index (χ2n) is 3.92. The van der Waals surface area contributed by atoms with Crippen molar-refractivity contribution in [2.75, 3.05) is 31.1 Å². The van der Waals surface area contributed by atoms with Crippen LogP contribution < -0.4 is 4.90 Å². The van der Waals surface area contributed by atoms with E-state index in [2.05, 4.69) is 11.0 Å². The topological polar surface area (TPSA) is 67.6 Å². The van der Waals surface area contributed by atoms with Crippen molar-refractivity contribution in [3.05, 3.63) is 29.8 Å². The summed E-state index contributed by atoms with van der Waals surface area (Å²) in [4.78, 5) is 14.3. The van der Waals surface area contributed by atoms with Crippen LogP contribution in [0.3, 0.4) is 0 Å². The van der Waals surface area contributed by atoms with Crippen molar-refractivity contribution < 1.29 is 9.90 Å². The number of amides is 1. The first kappa shape index (κ1) is 11.3. The molecule has 5 heteroatoms. The molecule has 1 heterocycles. The molecule has 1 aliphatic heterocycles. The van der Waals surface area contributed by atoms with Crippen LogP contribution in [0.25, 0.3) is 0 Å². The van der Waals surface area contributed by atoms with Crippen LogP contribution in [0, 0.1) is 11.3 Å². The largest absolute Gasteiger partial charge is 0.465 e. The van der Waals surface area contributed by atoms with Gasteiger partial charge in [-0.25, -0.2) is 4.79 Å². The number of carboxylic acid groups (broad SMARTS) is 1. The van der Waals surface area contributed by atoms with Gasteiger partial charge < -0.3 is 14.9 Å². The zero-order chi connectivity index (χ0) is 12.3. The van der Waals surface area contributed by atoms with Gasteiger partial charge in [0.15, 0.2) is 0 Å². The Hall–Kier alpha value is -2.22. The van der Waals surface area contributed by atoms with Crippen molar-refractivity contribution in [2.45, 2.75) is 0 Å². The summed E-state index contributed by atoms with van der Waals surface area (Å²) in [7, 11) is 0. The number of carbonyl (C=O) groups is 1. The van der Waals surface area contributed by atoms with Gasteiger partial charge in [-0.05, 0) is 18.2 Å². The molecule has 0 saturated carbocycles. The molecule has 1 aromatic carbocycles. The summed E-state index contributed by atoms with van der Waals surface area (Å²) in [6.45, 7) is 2.35. The number of nitriles is 1. The third kappa shape index (κ3) is 2.48. The Balaban J connectivity index is 2.05. The van der Waals surface area contributed by atoms with Gasteiger partial charge in [0.1, 0.15) is 0 Å². The van der Waals surface area contributed by atoms with Crippen molar-refractivity contribution in [1.82, 2.24) is 4.90 Å². The fourth-order valence-corrected chi connectivity index (χ4v) is 1.93. The highest BCUT2D eigenvalue weighted by Crippen LogP contribution is 2.17. The molecule has 5 nitrogen and oxygen atoms in total. The molecule has 1 amide bonds. The molecule has 1 fully saturated rings. The first-order valence-electron chi connectivity index (χ1n) is 5.43. The van der Waals surface area contributed by atoms with Gasteiger partial charge in [0.25, 0.3) is 0 Å². The van der Waals surface area contributed by atoms with Gasteiger partial charge in [0, 0.05) is 31.9 Å². The van der Waals surface area contributed by atoms with E-state index in [0.29, 0.717) is 31.7 Å².